The first-order valence-corrected chi connectivity index (χ1v) is 17.9. The number of nitrogens with zero attached hydrogens (tertiary/aromatic N) is 4. The van der Waals surface area contributed by atoms with E-state index in [1.165, 1.54) is 44.9 Å². The number of anilines is 2. The summed E-state index contributed by atoms with van der Waals surface area (Å²) in [5.74, 6) is 1.12. The summed E-state index contributed by atoms with van der Waals surface area (Å²) in [6, 6.07) is 10.2. The molecular formula is C38H58N6O3. The highest BCUT2D eigenvalue weighted by atomic mass is 16.7. The largest absolute Gasteiger partial charge is 0.508 e. The first kappa shape index (κ1) is 37.6. The Balaban J connectivity index is 1.32. The van der Waals surface area contributed by atoms with Crippen LogP contribution in [-0.4, -0.2) is 44.9 Å². The fourth-order valence-electron chi connectivity index (χ4n) is 5.16. The van der Waals surface area contributed by atoms with Crippen molar-refractivity contribution in [2.75, 3.05) is 23.8 Å². The van der Waals surface area contributed by atoms with E-state index in [2.05, 4.69) is 72.8 Å². The number of rotatable bonds is 24. The number of nitrogens with one attached hydrogen (secondary N) is 2. The molecule has 1 atom stereocenters. The molecule has 0 unspecified atom stereocenters. The lowest BCUT2D eigenvalue weighted by molar-refractivity contribution is 0.0511. The van der Waals surface area contributed by atoms with Crippen molar-refractivity contribution in [3.05, 3.63) is 66.5 Å². The monoisotopic (exact) mass is 646 g/mol. The average Bonchev–Trinajstić information content (AvgIpc) is 3.52. The lowest BCUT2D eigenvalue weighted by atomic mass is 10.1. The van der Waals surface area contributed by atoms with Gasteiger partial charge in [-0.25, -0.2) is 9.78 Å². The van der Waals surface area contributed by atoms with E-state index in [1.807, 2.05) is 29.7 Å². The molecule has 0 saturated carbocycles. The Kier molecular flexibility index (Phi) is 18.1. The Morgan fingerprint density at radius 3 is 2.28 bits per heavy atom. The average molecular weight is 647 g/mol. The van der Waals surface area contributed by atoms with Crippen LogP contribution in [-0.2, 0) is 16.0 Å². The number of hydrogen-bond donors (Lipinski definition) is 2. The quantitative estimate of drug-likeness (QED) is 0.0563. The summed E-state index contributed by atoms with van der Waals surface area (Å²) in [6.45, 7) is 9.62. The number of benzene rings is 1. The van der Waals surface area contributed by atoms with Crippen LogP contribution in [0.1, 0.15) is 123 Å². The van der Waals surface area contributed by atoms with E-state index in [0.717, 1.165) is 55.3 Å². The molecule has 3 rings (SSSR count). The molecule has 0 amide bonds. The summed E-state index contributed by atoms with van der Waals surface area (Å²) in [6.07, 6.45) is 25.2. The number of hydrogen-bond acceptors (Lipinski definition) is 8. The van der Waals surface area contributed by atoms with Crippen LogP contribution in [0.2, 0.25) is 0 Å². The van der Waals surface area contributed by atoms with Crippen molar-refractivity contribution >= 4 is 29.1 Å². The standard InChI is InChI=1S/C38H58N6O3/c1-5-7-8-9-10-11-12-13-14-15-16-17-18-19-20-24-27-46-38(45)47-29-33(6-2)41-37-42-35(39-28-32-25-22-21-23-26-32)34-36(43-37)44(30-40-34)31(3)4/h10-11,13-14,21-23,25-26,30-31,33H,5-9,12,15-20,24,27-29H2,1-4H3,(H2,39,41,42,43)/b11-10-,14-13-/t33-/m1/s1. The van der Waals surface area contributed by atoms with Crippen LogP contribution in [0.4, 0.5) is 16.6 Å². The minimum Gasteiger partial charge on any atom is -0.434 e. The third kappa shape index (κ3) is 14.6. The highest BCUT2D eigenvalue weighted by molar-refractivity contribution is 5.84. The molecule has 0 spiro atoms. The Bertz CT molecular complexity index is 1340. The van der Waals surface area contributed by atoms with Gasteiger partial charge in [0.05, 0.1) is 19.0 Å². The molecule has 0 aliphatic heterocycles. The van der Waals surface area contributed by atoms with E-state index in [1.54, 1.807) is 6.33 Å². The molecule has 0 radical (unpaired) electrons. The van der Waals surface area contributed by atoms with Gasteiger partial charge in [-0.05, 0) is 64.4 Å². The number of fused-ring (bicyclic) bond motifs is 1. The van der Waals surface area contributed by atoms with Crippen LogP contribution in [0.3, 0.4) is 0 Å². The fourth-order valence-corrected chi connectivity index (χ4v) is 5.16. The maximum absolute atomic E-state index is 12.3. The fraction of sp³-hybridized carbons (Fsp3) is 0.579. The summed E-state index contributed by atoms with van der Waals surface area (Å²) >= 11 is 0. The normalized spacial score (nSPS) is 12.4. The molecule has 3 aromatic rings. The van der Waals surface area contributed by atoms with Crippen LogP contribution in [0, 0.1) is 0 Å². The molecule has 47 heavy (non-hydrogen) atoms. The lowest BCUT2D eigenvalue weighted by Gasteiger charge is -2.18. The molecule has 0 aliphatic rings. The Hall–Kier alpha value is -3.88. The zero-order valence-electron chi connectivity index (χ0n) is 29.3. The van der Waals surface area contributed by atoms with Crippen molar-refractivity contribution in [1.82, 2.24) is 19.5 Å². The highest BCUT2D eigenvalue weighted by Crippen LogP contribution is 2.24. The molecule has 2 aromatic heterocycles. The zero-order chi connectivity index (χ0) is 33.5. The second kappa shape index (κ2) is 22.6. The Morgan fingerprint density at radius 2 is 1.57 bits per heavy atom. The van der Waals surface area contributed by atoms with Crippen molar-refractivity contribution in [2.24, 2.45) is 0 Å². The molecule has 0 saturated heterocycles. The smallest absolute Gasteiger partial charge is 0.434 e. The minimum absolute atomic E-state index is 0.163. The molecule has 1 aromatic carbocycles. The van der Waals surface area contributed by atoms with Crippen LogP contribution in [0.15, 0.2) is 61.0 Å². The molecule has 0 bridgehead atoms. The third-order valence-electron chi connectivity index (χ3n) is 8.07. The molecular weight excluding hydrogens is 588 g/mol. The number of allylic oxidation sites excluding steroid dienone is 4. The second-order valence-electron chi connectivity index (χ2n) is 12.4. The van der Waals surface area contributed by atoms with Crippen molar-refractivity contribution in [3.63, 3.8) is 0 Å². The molecule has 9 nitrogen and oxygen atoms in total. The van der Waals surface area contributed by atoms with Crippen molar-refractivity contribution < 1.29 is 14.3 Å². The van der Waals surface area contributed by atoms with E-state index in [9.17, 15) is 4.79 Å². The summed E-state index contributed by atoms with van der Waals surface area (Å²) in [4.78, 5) is 26.4. The minimum atomic E-state index is -0.632. The lowest BCUT2D eigenvalue weighted by Crippen LogP contribution is -2.28. The van der Waals surface area contributed by atoms with Gasteiger partial charge in [0.25, 0.3) is 0 Å². The van der Waals surface area contributed by atoms with E-state index in [4.69, 9.17) is 19.4 Å². The Morgan fingerprint density at radius 1 is 0.872 bits per heavy atom. The number of imidazole rings is 1. The van der Waals surface area contributed by atoms with E-state index < -0.39 is 6.16 Å². The van der Waals surface area contributed by atoms with Gasteiger partial charge in [0.15, 0.2) is 17.0 Å². The van der Waals surface area contributed by atoms with Gasteiger partial charge in [-0.1, -0.05) is 107 Å². The van der Waals surface area contributed by atoms with Gasteiger partial charge < -0.3 is 24.7 Å². The van der Waals surface area contributed by atoms with Gasteiger partial charge in [0, 0.05) is 12.6 Å². The molecule has 2 N–H and O–H groups in total. The van der Waals surface area contributed by atoms with Crippen LogP contribution in [0.25, 0.3) is 11.2 Å². The Labute approximate surface area is 282 Å². The van der Waals surface area contributed by atoms with Crippen LogP contribution >= 0.6 is 0 Å². The maximum Gasteiger partial charge on any atom is 0.508 e. The summed E-state index contributed by atoms with van der Waals surface area (Å²) in [7, 11) is 0. The predicted octanol–water partition coefficient (Wildman–Crippen LogP) is 10.2. The first-order valence-electron chi connectivity index (χ1n) is 17.9. The topological polar surface area (TPSA) is 103 Å². The molecule has 2 heterocycles. The van der Waals surface area contributed by atoms with Crippen molar-refractivity contribution in [3.8, 4) is 0 Å². The van der Waals surface area contributed by atoms with Crippen LogP contribution < -0.4 is 10.6 Å². The molecule has 9 heteroatoms. The number of unbranched alkanes of at least 4 members (excludes halogenated alkanes) is 9. The van der Waals surface area contributed by atoms with Gasteiger partial charge in [-0.2, -0.15) is 9.97 Å². The number of carbonyl (C=O) groups excluding carboxylic acids is 1. The third-order valence-corrected chi connectivity index (χ3v) is 8.07. The summed E-state index contributed by atoms with van der Waals surface area (Å²) < 4.78 is 12.8. The van der Waals surface area contributed by atoms with Gasteiger partial charge >= 0.3 is 6.16 Å². The highest BCUT2D eigenvalue weighted by Gasteiger charge is 2.18. The maximum atomic E-state index is 12.3. The second-order valence-corrected chi connectivity index (χ2v) is 12.4. The van der Waals surface area contributed by atoms with Crippen molar-refractivity contribution in [1.29, 1.82) is 0 Å². The van der Waals surface area contributed by atoms with Crippen LogP contribution in [0.5, 0.6) is 0 Å². The summed E-state index contributed by atoms with van der Waals surface area (Å²) in [5, 5.41) is 6.78. The number of ether oxygens (including phenoxy) is 2. The van der Waals surface area contributed by atoms with E-state index in [0.29, 0.717) is 24.9 Å². The SMILES string of the molecule is CCCCC/C=C\C/C=C\CCCCCCCCOC(=O)OC[C@@H](CC)Nc1nc(NCc2ccccc2)c2ncn(C(C)C)c2n1. The van der Waals surface area contributed by atoms with Gasteiger partial charge in [0.1, 0.15) is 6.61 Å². The van der Waals surface area contributed by atoms with Gasteiger partial charge in [-0.3, -0.25) is 0 Å². The summed E-state index contributed by atoms with van der Waals surface area (Å²) in [5.41, 5.74) is 2.61. The predicted molar refractivity (Wildman–Crippen MR) is 194 cm³/mol. The molecule has 258 valence electrons. The van der Waals surface area contributed by atoms with Crippen molar-refractivity contribution in [2.45, 2.75) is 130 Å². The number of aromatic nitrogens is 4. The number of carbonyl (C=O) groups is 1. The first-order chi connectivity index (χ1) is 23.0. The van der Waals surface area contributed by atoms with Gasteiger partial charge in [-0.15, -0.1) is 0 Å². The van der Waals surface area contributed by atoms with E-state index >= 15 is 0 Å². The zero-order valence-corrected chi connectivity index (χ0v) is 29.3. The van der Waals surface area contributed by atoms with Gasteiger partial charge in [0.2, 0.25) is 5.95 Å². The molecule has 0 aliphatic carbocycles. The molecule has 0 fully saturated rings. The van der Waals surface area contributed by atoms with E-state index in [-0.39, 0.29) is 18.7 Å².